The van der Waals surface area contributed by atoms with Crippen LogP contribution in [0.4, 0.5) is 0 Å². The molecule has 0 unspecified atom stereocenters. The van der Waals surface area contributed by atoms with Gasteiger partial charge in [0.05, 0.1) is 5.39 Å². The maximum absolute atomic E-state index is 11.9. The highest BCUT2D eigenvalue weighted by molar-refractivity contribution is 5.98. The highest BCUT2D eigenvalue weighted by Crippen LogP contribution is 2.21. The van der Waals surface area contributed by atoms with Gasteiger partial charge in [-0.2, -0.15) is 0 Å². The molecule has 0 amide bonds. The van der Waals surface area contributed by atoms with Crippen LogP contribution in [0.1, 0.15) is 13.3 Å². The van der Waals surface area contributed by atoms with Gasteiger partial charge in [-0.05, 0) is 18.6 Å². The molecule has 0 radical (unpaired) electrons. The smallest absolute Gasteiger partial charge is 0.420 e. The lowest BCUT2D eigenvalue weighted by molar-refractivity contribution is 0.503. The first kappa shape index (κ1) is 10.8. The van der Waals surface area contributed by atoms with E-state index in [2.05, 4.69) is 0 Å². The lowest BCUT2D eigenvalue weighted by atomic mass is 10.2. The molecule has 92 valence electrons. The Morgan fingerprint density at radius 3 is 2.72 bits per heavy atom. The normalized spacial score (nSPS) is 11.4. The average Bonchev–Trinajstić information content (AvgIpc) is 2.68. The molecule has 0 N–H and O–H groups in total. The van der Waals surface area contributed by atoms with Crippen molar-refractivity contribution < 1.29 is 8.83 Å². The minimum absolute atomic E-state index is 0.209. The van der Waals surface area contributed by atoms with Gasteiger partial charge in [0.1, 0.15) is 5.58 Å². The number of benzene rings is 1. The third-order valence-corrected chi connectivity index (χ3v) is 2.87. The summed E-state index contributed by atoms with van der Waals surface area (Å²) in [4.78, 5) is 23.7. The zero-order chi connectivity index (χ0) is 12.7. The van der Waals surface area contributed by atoms with Crippen LogP contribution in [-0.2, 0) is 6.54 Å². The second-order valence-corrected chi connectivity index (χ2v) is 4.08. The van der Waals surface area contributed by atoms with Gasteiger partial charge in [-0.25, -0.2) is 9.59 Å². The zero-order valence-corrected chi connectivity index (χ0v) is 9.80. The summed E-state index contributed by atoms with van der Waals surface area (Å²) in [5.41, 5.74) is 0.399. The number of fused-ring (bicyclic) bond motifs is 3. The fourth-order valence-corrected chi connectivity index (χ4v) is 2.11. The molecule has 0 saturated carbocycles. The van der Waals surface area contributed by atoms with Crippen LogP contribution < -0.4 is 11.4 Å². The highest BCUT2D eigenvalue weighted by Gasteiger charge is 2.16. The van der Waals surface area contributed by atoms with Crippen molar-refractivity contribution in [3.05, 3.63) is 45.2 Å². The molecule has 2 aromatic heterocycles. The quantitative estimate of drug-likeness (QED) is 0.648. The van der Waals surface area contributed by atoms with Crippen LogP contribution in [0.2, 0.25) is 0 Å². The molecule has 18 heavy (non-hydrogen) atoms. The summed E-state index contributed by atoms with van der Waals surface area (Å²) >= 11 is 0. The predicted octanol–water partition coefficient (Wildman–Crippen LogP) is 2.11. The third kappa shape index (κ3) is 1.40. The van der Waals surface area contributed by atoms with E-state index in [1.807, 2.05) is 6.92 Å². The topological polar surface area (TPSA) is 65.3 Å². The number of aromatic nitrogens is 1. The van der Waals surface area contributed by atoms with Crippen molar-refractivity contribution in [1.29, 1.82) is 0 Å². The number of hydrogen-bond acceptors (Lipinski definition) is 4. The van der Waals surface area contributed by atoms with Crippen molar-refractivity contribution in [3.8, 4) is 0 Å². The summed E-state index contributed by atoms with van der Waals surface area (Å²) in [6, 6.07) is 7.00. The van der Waals surface area contributed by atoms with Crippen molar-refractivity contribution in [2.45, 2.75) is 19.9 Å². The number of oxazole rings is 1. The fourth-order valence-electron chi connectivity index (χ4n) is 2.11. The van der Waals surface area contributed by atoms with Gasteiger partial charge in [0.2, 0.25) is 0 Å². The first-order valence-electron chi connectivity index (χ1n) is 5.77. The van der Waals surface area contributed by atoms with Crippen molar-refractivity contribution in [2.75, 3.05) is 0 Å². The van der Waals surface area contributed by atoms with E-state index in [1.165, 1.54) is 4.57 Å². The molecule has 3 rings (SSSR count). The Morgan fingerprint density at radius 1 is 1.17 bits per heavy atom. The maximum atomic E-state index is 11.9. The number of hydrogen-bond donors (Lipinski definition) is 0. The highest BCUT2D eigenvalue weighted by atomic mass is 16.4. The lowest BCUT2D eigenvalue weighted by Crippen LogP contribution is -2.17. The summed E-state index contributed by atoms with van der Waals surface area (Å²) in [6.07, 6.45) is 0.737. The predicted molar refractivity (Wildman–Crippen MR) is 66.8 cm³/mol. The second-order valence-electron chi connectivity index (χ2n) is 4.08. The molecule has 3 aromatic rings. The maximum Gasteiger partial charge on any atom is 0.420 e. The van der Waals surface area contributed by atoms with Gasteiger partial charge >= 0.3 is 11.4 Å². The van der Waals surface area contributed by atoms with Gasteiger partial charge in [-0.3, -0.25) is 4.57 Å². The minimum atomic E-state index is -0.539. The van der Waals surface area contributed by atoms with Crippen LogP contribution in [-0.4, -0.2) is 4.57 Å². The minimum Gasteiger partial charge on any atom is -0.421 e. The number of nitrogens with zero attached hydrogens (tertiary/aromatic N) is 1. The van der Waals surface area contributed by atoms with Gasteiger partial charge < -0.3 is 8.83 Å². The Labute approximate surface area is 101 Å². The van der Waals surface area contributed by atoms with Crippen LogP contribution in [0.25, 0.3) is 22.1 Å². The summed E-state index contributed by atoms with van der Waals surface area (Å²) in [5, 5.41) is 0.638. The second kappa shape index (κ2) is 3.87. The third-order valence-electron chi connectivity index (χ3n) is 2.87. The fraction of sp³-hybridized carbons (Fsp3) is 0.231. The molecule has 1 aromatic carbocycles. The Morgan fingerprint density at radius 2 is 1.94 bits per heavy atom. The molecule has 5 heteroatoms. The van der Waals surface area contributed by atoms with Crippen molar-refractivity contribution >= 4 is 22.1 Å². The average molecular weight is 245 g/mol. The van der Waals surface area contributed by atoms with Crippen LogP contribution >= 0.6 is 0 Å². The van der Waals surface area contributed by atoms with Crippen molar-refractivity contribution in [2.24, 2.45) is 0 Å². The standard InChI is InChI=1S/C13H11NO4/c1-2-7-14-10-11(18-13(14)16)8-5-3-4-6-9(8)17-12(10)15/h3-6H,2,7H2,1H3. The number of para-hydroxylation sites is 1. The Hall–Kier alpha value is -2.30. The summed E-state index contributed by atoms with van der Waals surface area (Å²) in [6.45, 7) is 2.36. The van der Waals surface area contributed by atoms with E-state index in [1.54, 1.807) is 24.3 Å². The Kier molecular flexibility index (Phi) is 2.33. The summed E-state index contributed by atoms with van der Waals surface area (Å²) in [5.74, 6) is -0.518. The van der Waals surface area contributed by atoms with Crippen LogP contribution in [0.3, 0.4) is 0 Å². The molecule has 0 bridgehead atoms. The molecule has 0 aliphatic rings. The van der Waals surface area contributed by atoms with Gasteiger partial charge in [0.15, 0.2) is 11.1 Å². The van der Waals surface area contributed by atoms with E-state index in [0.717, 1.165) is 6.42 Å². The molecule has 0 spiro atoms. The van der Waals surface area contributed by atoms with E-state index < -0.39 is 11.4 Å². The Bertz CT molecular complexity index is 837. The zero-order valence-electron chi connectivity index (χ0n) is 9.80. The molecule has 0 aliphatic carbocycles. The molecule has 0 aliphatic heterocycles. The summed E-state index contributed by atoms with van der Waals surface area (Å²) in [7, 11) is 0. The van der Waals surface area contributed by atoms with E-state index in [4.69, 9.17) is 8.83 Å². The molecule has 2 heterocycles. The molecular weight excluding hydrogens is 234 g/mol. The number of rotatable bonds is 2. The van der Waals surface area contributed by atoms with Gasteiger partial charge in [-0.1, -0.05) is 19.1 Å². The monoisotopic (exact) mass is 245 g/mol. The molecular formula is C13H11NO4. The first-order valence-corrected chi connectivity index (χ1v) is 5.77. The van der Waals surface area contributed by atoms with Crippen molar-refractivity contribution in [1.82, 2.24) is 4.57 Å². The van der Waals surface area contributed by atoms with E-state index in [0.29, 0.717) is 23.1 Å². The molecule has 0 saturated heterocycles. The molecule has 0 fully saturated rings. The van der Waals surface area contributed by atoms with Gasteiger partial charge in [0.25, 0.3) is 0 Å². The summed E-state index contributed by atoms with van der Waals surface area (Å²) < 4.78 is 11.7. The van der Waals surface area contributed by atoms with Crippen LogP contribution in [0, 0.1) is 0 Å². The first-order chi connectivity index (χ1) is 8.72. The molecule has 5 nitrogen and oxygen atoms in total. The van der Waals surface area contributed by atoms with Crippen LogP contribution in [0.15, 0.2) is 42.7 Å². The van der Waals surface area contributed by atoms with Crippen LogP contribution in [0.5, 0.6) is 0 Å². The lowest BCUT2D eigenvalue weighted by Gasteiger charge is -1.98. The largest absolute Gasteiger partial charge is 0.421 e. The van der Waals surface area contributed by atoms with Crippen molar-refractivity contribution in [3.63, 3.8) is 0 Å². The number of aryl methyl sites for hydroxylation is 1. The van der Waals surface area contributed by atoms with E-state index >= 15 is 0 Å². The SMILES string of the molecule is CCCn1c(=O)oc2c3ccccc3oc(=O)c21. The Balaban J connectivity index is 2.56. The molecule has 0 atom stereocenters. The van der Waals surface area contributed by atoms with Gasteiger partial charge in [0, 0.05) is 6.54 Å². The van der Waals surface area contributed by atoms with E-state index in [9.17, 15) is 9.59 Å². The van der Waals surface area contributed by atoms with Gasteiger partial charge in [-0.15, -0.1) is 0 Å². The van der Waals surface area contributed by atoms with E-state index in [-0.39, 0.29) is 5.52 Å².